The van der Waals surface area contributed by atoms with Gasteiger partial charge in [0.05, 0.1) is 17.2 Å². The lowest BCUT2D eigenvalue weighted by atomic mass is 9.99. The number of carbonyl (C=O) groups is 1. The highest BCUT2D eigenvalue weighted by Gasteiger charge is 2.24. The third-order valence-corrected chi connectivity index (χ3v) is 4.27. The van der Waals surface area contributed by atoms with Crippen LogP contribution in [0.25, 0.3) is 11.0 Å². The molecule has 1 aromatic heterocycles. The summed E-state index contributed by atoms with van der Waals surface area (Å²) in [6, 6.07) is 13.9. The maximum atomic E-state index is 12.9. The van der Waals surface area contributed by atoms with Crippen molar-refractivity contribution in [1.29, 1.82) is 0 Å². The van der Waals surface area contributed by atoms with E-state index < -0.39 is 0 Å². The minimum Gasteiger partial charge on any atom is -0.307 e. The van der Waals surface area contributed by atoms with Crippen molar-refractivity contribution in [3.63, 3.8) is 0 Å². The van der Waals surface area contributed by atoms with Crippen LogP contribution in [-0.2, 0) is 6.42 Å². The van der Waals surface area contributed by atoms with Gasteiger partial charge >= 0.3 is 0 Å². The van der Waals surface area contributed by atoms with Crippen molar-refractivity contribution in [3.05, 3.63) is 65.5 Å². The molecule has 1 amide bonds. The number of rotatable bonds is 1. The summed E-state index contributed by atoms with van der Waals surface area (Å²) in [4.78, 5) is 23.6. The van der Waals surface area contributed by atoms with Crippen LogP contribution >= 0.6 is 0 Å². The maximum Gasteiger partial charge on any atom is 0.278 e. The summed E-state index contributed by atoms with van der Waals surface area (Å²) >= 11 is 0. The van der Waals surface area contributed by atoms with Crippen molar-refractivity contribution < 1.29 is 4.79 Å². The summed E-state index contributed by atoms with van der Waals surface area (Å²) in [7, 11) is 0. The van der Waals surface area contributed by atoms with Crippen molar-refractivity contribution in [2.75, 3.05) is 11.4 Å². The largest absolute Gasteiger partial charge is 0.307 e. The first kappa shape index (κ1) is 13.9. The highest BCUT2D eigenvalue weighted by molar-refractivity contribution is 6.06. The number of anilines is 1. The van der Waals surface area contributed by atoms with E-state index in [9.17, 15) is 4.79 Å². The second-order valence-corrected chi connectivity index (χ2v) is 5.94. The molecule has 4 rings (SSSR count). The summed E-state index contributed by atoms with van der Waals surface area (Å²) in [5.41, 5.74) is 5.42. The molecular weight excluding hydrogens is 286 g/mol. The molecule has 0 saturated heterocycles. The average Bonchev–Trinajstić information content (AvgIpc) is 2.60. The van der Waals surface area contributed by atoms with Gasteiger partial charge in [0.15, 0.2) is 0 Å². The van der Waals surface area contributed by atoms with E-state index in [1.807, 2.05) is 35.2 Å². The first-order chi connectivity index (χ1) is 11.2. The monoisotopic (exact) mass is 303 g/mol. The van der Waals surface area contributed by atoms with Crippen molar-refractivity contribution >= 4 is 22.6 Å². The van der Waals surface area contributed by atoms with Gasteiger partial charge in [0.2, 0.25) is 0 Å². The molecule has 3 aromatic rings. The number of fused-ring (bicyclic) bond motifs is 2. The Balaban J connectivity index is 1.74. The first-order valence-electron chi connectivity index (χ1n) is 7.85. The molecule has 114 valence electrons. The van der Waals surface area contributed by atoms with Gasteiger partial charge in [-0.2, -0.15) is 0 Å². The Bertz CT molecular complexity index is 904. The number of hydrogen-bond donors (Lipinski definition) is 0. The molecule has 2 heterocycles. The standard InChI is InChI=1S/C19H17N3O/c1-13-8-9-18-14(11-13)5-4-10-22(18)19(23)17-12-20-15-6-2-3-7-16(15)21-17/h2-3,6-9,11-12H,4-5,10H2,1H3. The predicted octanol–water partition coefficient (Wildman–Crippen LogP) is 3.53. The zero-order valence-electron chi connectivity index (χ0n) is 13.0. The van der Waals surface area contributed by atoms with Crippen LogP contribution in [0.2, 0.25) is 0 Å². The number of carbonyl (C=O) groups excluding carboxylic acids is 1. The van der Waals surface area contributed by atoms with Crippen LogP contribution in [0.1, 0.15) is 28.0 Å². The van der Waals surface area contributed by atoms with E-state index in [0.717, 1.165) is 36.1 Å². The Labute approximate surface area is 134 Å². The highest BCUT2D eigenvalue weighted by Crippen LogP contribution is 2.29. The lowest BCUT2D eigenvalue weighted by molar-refractivity contribution is 0.0980. The van der Waals surface area contributed by atoms with E-state index in [2.05, 4.69) is 29.0 Å². The van der Waals surface area contributed by atoms with Crippen molar-refractivity contribution in [1.82, 2.24) is 9.97 Å². The van der Waals surface area contributed by atoms with E-state index in [1.165, 1.54) is 11.1 Å². The first-order valence-corrected chi connectivity index (χ1v) is 7.85. The molecule has 0 unspecified atom stereocenters. The maximum absolute atomic E-state index is 12.9. The number of benzene rings is 2. The number of hydrogen-bond acceptors (Lipinski definition) is 3. The van der Waals surface area contributed by atoms with Gasteiger partial charge in [-0.3, -0.25) is 9.78 Å². The quantitative estimate of drug-likeness (QED) is 0.691. The molecule has 4 heteroatoms. The van der Waals surface area contributed by atoms with E-state index in [0.29, 0.717) is 5.69 Å². The number of para-hydroxylation sites is 2. The molecule has 1 aliphatic heterocycles. The summed E-state index contributed by atoms with van der Waals surface area (Å²) in [5, 5.41) is 0. The third kappa shape index (κ3) is 2.46. The third-order valence-electron chi connectivity index (χ3n) is 4.27. The molecule has 0 radical (unpaired) electrons. The molecule has 0 saturated carbocycles. The normalized spacial score (nSPS) is 13.9. The molecular formula is C19H17N3O. The van der Waals surface area contributed by atoms with E-state index in [4.69, 9.17) is 0 Å². The smallest absolute Gasteiger partial charge is 0.278 e. The van der Waals surface area contributed by atoms with Gasteiger partial charge in [-0.15, -0.1) is 0 Å². The van der Waals surface area contributed by atoms with E-state index >= 15 is 0 Å². The SMILES string of the molecule is Cc1ccc2c(c1)CCCN2C(=O)c1cnc2ccccc2n1. The fraction of sp³-hybridized carbons (Fsp3) is 0.211. The van der Waals surface area contributed by atoms with E-state index in [1.54, 1.807) is 6.20 Å². The molecule has 0 aliphatic carbocycles. The number of nitrogens with zero attached hydrogens (tertiary/aromatic N) is 3. The van der Waals surface area contributed by atoms with Crippen LogP contribution in [-0.4, -0.2) is 22.4 Å². The average molecular weight is 303 g/mol. The lowest BCUT2D eigenvalue weighted by Crippen LogP contribution is -2.36. The summed E-state index contributed by atoms with van der Waals surface area (Å²) in [6.45, 7) is 2.80. The molecule has 0 bridgehead atoms. The van der Waals surface area contributed by atoms with Crippen molar-refractivity contribution in [2.45, 2.75) is 19.8 Å². The fourth-order valence-corrected chi connectivity index (χ4v) is 3.14. The van der Waals surface area contributed by atoms with Crippen molar-refractivity contribution in [3.8, 4) is 0 Å². The minimum absolute atomic E-state index is 0.0759. The summed E-state index contributed by atoms with van der Waals surface area (Å²) < 4.78 is 0. The van der Waals surface area contributed by atoms with Crippen LogP contribution in [0.3, 0.4) is 0 Å². The predicted molar refractivity (Wildman–Crippen MR) is 90.7 cm³/mol. The Hall–Kier alpha value is -2.75. The van der Waals surface area contributed by atoms with Gasteiger partial charge in [-0.1, -0.05) is 29.8 Å². The second kappa shape index (κ2) is 5.47. The van der Waals surface area contributed by atoms with Crippen LogP contribution in [0.4, 0.5) is 5.69 Å². The van der Waals surface area contributed by atoms with Crippen LogP contribution in [0.5, 0.6) is 0 Å². The topological polar surface area (TPSA) is 46.1 Å². The van der Waals surface area contributed by atoms with Gasteiger partial charge in [-0.05, 0) is 43.5 Å². The van der Waals surface area contributed by atoms with Gasteiger partial charge in [0.25, 0.3) is 5.91 Å². The number of amides is 1. The summed E-state index contributed by atoms with van der Waals surface area (Å²) in [6.07, 6.45) is 3.57. The Kier molecular flexibility index (Phi) is 3.30. The molecule has 0 fully saturated rings. The molecule has 2 aromatic carbocycles. The van der Waals surface area contributed by atoms with Gasteiger partial charge in [0.1, 0.15) is 5.69 Å². The Morgan fingerprint density at radius 2 is 1.96 bits per heavy atom. The van der Waals surface area contributed by atoms with Crippen molar-refractivity contribution in [2.24, 2.45) is 0 Å². The molecule has 0 spiro atoms. The van der Waals surface area contributed by atoms with Crippen LogP contribution < -0.4 is 4.90 Å². The van der Waals surface area contributed by atoms with Gasteiger partial charge < -0.3 is 4.90 Å². The minimum atomic E-state index is -0.0759. The van der Waals surface area contributed by atoms with E-state index in [-0.39, 0.29) is 5.91 Å². The van der Waals surface area contributed by atoms with Gasteiger partial charge in [-0.25, -0.2) is 4.98 Å². The molecule has 0 atom stereocenters. The molecule has 23 heavy (non-hydrogen) atoms. The second-order valence-electron chi connectivity index (χ2n) is 5.94. The van der Waals surface area contributed by atoms with Crippen LogP contribution in [0.15, 0.2) is 48.7 Å². The number of aromatic nitrogens is 2. The molecule has 0 N–H and O–H groups in total. The Morgan fingerprint density at radius 1 is 1.13 bits per heavy atom. The molecule has 4 nitrogen and oxygen atoms in total. The zero-order valence-corrected chi connectivity index (χ0v) is 13.0. The number of aryl methyl sites for hydroxylation is 2. The van der Waals surface area contributed by atoms with Gasteiger partial charge in [0, 0.05) is 12.2 Å². The zero-order chi connectivity index (χ0) is 15.8. The lowest BCUT2D eigenvalue weighted by Gasteiger charge is -2.29. The van der Waals surface area contributed by atoms with Crippen LogP contribution in [0, 0.1) is 6.92 Å². The molecule has 1 aliphatic rings. The summed E-state index contributed by atoms with van der Waals surface area (Å²) in [5.74, 6) is -0.0759. The Morgan fingerprint density at radius 3 is 2.83 bits per heavy atom. The highest BCUT2D eigenvalue weighted by atomic mass is 16.2. The fourth-order valence-electron chi connectivity index (χ4n) is 3.14.